The zero-order valence-corrected chi connectivity index (χ0v) is 15.8. The molecule has 24 heavy (non-hydrogen) atoms. The summed E-state index contributed by atoms with van der Waals surface area (Å²) in [5.41, 5.74) is 4.15. The molecular weight excluding hydrogens is 296 g/mol. The zero-order valence-electron chi connectivity index (χ0n) is 15.8. The lowest BCUT2D eigenvalue weighted by Gasteiger charge is -2.39. The van der Waals surface area contributed by atoms with Crippen molar-refractivity contribution in [3.8, 4) is 5.75 Å². The van der Waals surface area contributed by atoms with E-state index in [9.17, 15) is 5.11 Å². The van der Waals surface area contributed by atoms with Gasteiger partial charge in [0.1, 0.15) is 5.75 Å². The number of rotatable bonds is 5. The van der Waals surface area contributed by atoms with Gasteiger partial charge in [-0.3, -0.25) is 0 Å². The van der Waals surface area contributed by atoms with Crippen LogP contribution in [0.25, 0.3) is 0 Å². The van der Waals surface area contributed by atoms with Crippen LogP contribution in [-0.4, -0.2) is 17.8 Å². The summed E-state index contributed by atoms with van der Waals surface area (Å²) in [7, 11) is 1.69. The first kappa shape index (κ1) is 18.5. The normalized spacial score (nSPS) is 24.0. The Morgan fingerprint density at radius 3 is 2.50 bits per heavy atom. The van der Waals surface area contributed by atoms with Gasteiger partial charge >= 0.3 is 0 Å². The number of allylic oxidation sites excluding steroid dienone is 4. The minimum absolute atomic E-state index is 0.145. The third kappa shape index (κ3) is 3.81. The Labute approximate surface area is 146 Å². The average Bonchev–Trinajstić information content (AvgIpc) is 2.56. The van der Waals surface area contributed by atoms with Crippen molar-refractivity contribution in [2.45, 2.75) is 53.1 Å². The van der Waals surface area contributed by atoms with Crippen molar-refractivity contribution in [1.82, 2.24) is 0 Å². The summed E-state index contributed by atoms with van der Waals surface area (Å²) in [4.78, 5) is 0. The number of hydrogen-bond donors (Lipinski definition) is 1. The van der Waals surface area contributed by atoms with Gasteiger partial charge in [-0.25, -0.2) is 0 Å². The van der Waals surface area contributed by atoms with E-state index < -0.39 is 5.60 Å². The van der Waals surface area contributed by atoms with Crippen molar-refractivity contribution >= 4 is 0 Å². The van der Waals surface area contributed by atoms with Crippen LogP contribution >= 0.6 is 0 Å². The van der Waals surface area contributed by atoms with E-state index in [4.69, 9.17) is 4.74 Å². The lowest BCUT2D eigenvalue weighted by molar-refractivity contribution is 0.111. The van der Waals surface area contributed by atoms with Gasteiger partial charge in [-0.2, -0.15) is 0 Å². The first-order valence-corrected chi connectivity index (χ1v) is 8.61. The van der Waals surface area contributed by atoms with E-state index in [0.717, 1.165) is 12.2 Å². The molecule has 2 unspecified atom stereocenters. The van der Waals surface area contributed by atoms with Crippen LogP contribution < -0.4 is 4.74 Å². The largest absolute Gasteiger partial charge is 0.497 e. The first-order chi connectivity index (χ1) is 11.2. The second kappa shape index (κ2) is 6.98. The Morgan fingerprint density at radius 1 is 1.33 bits per heavy atom. The van der Waals surface area contributed by atoms with Crippen LogP contribution in [-0.2, 0) is 6.42 Å². The second-order valence-electron chi connectivity index (χ2n) is 7.34. The van der Waals surface area contributed by atoms with E-state index in [1.54, 1.807) is 7.11 Å². The molecule has 2 atom stereocenters. The van der Waals surface area contributed by atoms with Crippen LogP contribution in [0.4, 0.5) is 0 Å². The van der Waals surface area contributed by atoms with E-state index in [1.807, 2.05) is 19.1 Å². The Morgan fingerprint density at radius 2 is 1.96 bits per heavy atom. The monoisotopic (exact) mass is 326 g/mol. The molecule has 1 aliphatic rings. The van der Waals surface area contributed by atoms with Gasteiger partial charge in [0.25, 0.3) is 0 Å². The number of aliphatic hydroxyl groups is 1. The molecule has 130 valence electrons. The summed E-state index contributed by atoms with van der Waals surface area (Å²) in [5.74, 6) is 0.874. The van der Waals surface area contributed by atoms with Crippen LogP contribution in [0.1, 0.15) is 46.6 Å². The lowest BCUT2D eigenvalue weighted by atomic mass is 9.66. The molecule has 1 aromatic rings. The molecule has 2 heteroatoms. The van der Waals surface area contributed by atoms with Crippen molar-refractivity contribution < 1.29 is 9.84 Å². The van der Waals surface area contributed by atoms with Crippen LogP contribution in [0, 0.1) is 5.41 Å². The van der Waals surface area contributed by atoms with Crippen molar-refractivity contribution in [1.29, 1.82) is 0 Å². The van der Waals surface area contributed by atoms with Crippen molar-refractivity contribution in [3.63, 3.8) is 0 Å². The maximum atomic E-state index is 10.6. The number of hydrogen-bond acceptors (Lipinski definition) is 2. The molecule has 2 rings (SSSR count). The van der Waals surface area contributed by atoms with E-state index in [-0.39, 0.29) is 5.41 Å². The molecule has 0 bridgehead atoms. The Balaban J connectivity index is 2.46. The molecule has 2 nitrogen and oxygen atoms in total. The Kier molecular flexibility index (Phi) is 5.39. The minimum atomic E-state index is -0.774. The topological polar surface area (TPSA) is 29.5 Å². The molecule has 0 amide bonds. The van der Waals surface area contributed by atoms with Gasteiger partial charge in [0.15, 0.2) is 0 Å². The summed E-state index contributed by atoms with van der Waals surface area (Å²) >= 11 is 0. The zero-order chi connectivity index (χ0) is 18.0. The third-order valence-electron chi connectivity index (χ3n) is 5.32. The fourth-order valence-electron chi connectivity index (χ4n) is 3.47. The Bertz CT molecular complexity index is 674. The molecular formula is C22H30O2. The Hall–Kier alpha value is -1.80. The molecule has 0 radical (unpaired) electrons. The molecule has 0 saturated heterocycles. The molecule has 0 heterocycles. The van der Waals surface area contributed by atoms with Crippen LogP contribution in [0.5, 0.6) is 5.75 Å². The van der Waals surface area contributed by atoms with Gasteiger partial charge in [0, 0.05) is 5.41 Å². The van der Waals surface area contributed by atoms with Gasteiger partial charge in [-0.15, -0.1) is 0 Å². The highest BCUT2D eigenvalue weighted by Crippen LogP contribution is 2.45. The smallest absolute Gasteiger partial charge is 0.118 e. The maximum absolute atomic E-state index is 10.6. The highest BCUT2D eigenvalue weighted by Gasteiger charge is 2.35. The summed E-state index contributed by atoms with van der Waals surface area (Å²) in [6, 6.07) is 8.27. The molecule has 0 aliphatic heterocycles. The molecule has 1 aromatic carbocycles. The van der Waals surface area contributed by atoms with E-state index in [2.05, 4.69) is 58.1 Å². The molecule has 0 saturated carbocycles. The predicted molar refractivity (Wildman–Crippen MR) is 101 cm³/mol. The minimum Gasteiger partial charge on any atom is -0.497 e. The van der Waals surface area contributed by atoms with Gasteiger partial charge in [-0.05, 0) is 69.9 Å². The standard InChI is InChI=1S/C22H30O2/c1-7-17(3)22(5,14-18-8-10-19(24-6)11-9-18)20-15-21(4,23)13-12-16(20)2/h7-12,15,23H,13-14H2,1-6H3/b17-7+. The van der Waals surface area contributed by atoms with Gasteiger partial charge < -0.3 is 9.84 Å². The quantitative estimate of drug-likeness (QED) is 0.750. The highest BCUT2D eigenvalue weighted by molar-refractivity contribution is 5.46. The van der Waals surface area contributed by atoms with E-state index >= 15 is 0 Å². The first-order valence-electron chi connectivity index (χ1n) is 8.61. The van der Waals surface area contributed by atoms with Gasteiger partial charge in [0.05, 0.1) is 12.7 Å². The lowest BCUT2D eigenvalue weighted by Crippen LogP contribution is -2.31. The molecule has 0 aromatic heterocycles. The summed E-state index contributed by atoms with van der Waals surface area (Å²) in [6.07, 6.45) is 7.96. The molecule has 1 aliphatic carbocycles. The molecule has 0 fully saturated rings. The number of methoxy groups -OCH3 is 1. The van der Waals surface area contributed by atoms with Crippen molar-refractivity contribution in [2.24, 2.45) is 5.41 Å². The van der Waals surface area contributed by atoms with E-state index in [1.165, 1.54) is 22.3 Å². The summed E-state index contributed by atoms with van der Waals surface area (Å²) < 4.78 is 5.26. The average molecular weight is 326 g/mol. The highest BCUT2D eigenvalue weighted by atomic mass is 16.5. The fourth-order valence-corrected chi connectivity index (χ4v) is 3.47. The van der Waals surface area contributed by atoms with Crippen LogP contribution in [0.15, 0.2) is 59.2 Å². The maximum Gasteiger partial charge on any atom is 0.118 e. The summed E-state index contributed by atoms with van der Waals surface area (Å²) in [6.45, 7) is 10.6. The van der Waals surface area contributed by atoms with Crippen LogP contribution in [0.3, 0.4) is 0 Å². The predicted octanol–water partition coefficient (Wildman–Crippen LogP) is 5.24. The molecule has 0 spiro atoms. The van der Waals surface area contributed by atoms with E-state index in [0.29, 0.717) is 6.42 Å². The van der Waals surface area contributed by atoms with Crippen LogP contribution in [0.2, 0.25) is 0 Å². The van der Waals surface area contributed by atoms with Gasteiger partial charge in [-0.1, -0.05) is 42.4 Å². The SMILES string of the molecule is C/C=C(\C)C(C)(Cc1ccc(OC)cc1)C1=CC(C)(O)CC=C1C. The fraction of sp³-hybridized carbons (Fsp3) is 0.455. The van der Waals surface area contributed by atoms with Crippen molar-refractivity contribution in [3.05, 3.63) is 64.8 Å². The number of ether oxygens (including phenoxy) is 1. The third-order valence-corrected chi connectivity index (χ3v) is 5.32. The van der Waals surface area contributed by atoms with Gasteiger partial charge in [0.2, 0.25) is 0 Å². The number of benzene rings is 1. The second-order valence-corrected chi connectivity index (χ2v) is 7.34. The van der Waals surface area contributed by atoms with Crippen molar-refractivity contribution in [2.75, 3.05) is 7.11 Å². The summed E-state index contributed by atoms with van der Waals surface area (Å²) in [5, 5.41) is 10.6. The molecule has 1 N–H and O–H groups in total.